The SMILES string of the molecule is COCc1cc(=O)c(O)c(C(CC(=O)N2CCc3c([nH]c4ccccc34)C2)c2coc3ccccc3c2=O)o1. The first-order chi connectivity index (χ1) is 18.9. The largest absolute Gasteiger partial charge is 0.502 e. The van der Waals surface area contributed by atoms with Crippen molar-refractivity contribution in [3.63, 3.8) is 0 Å². The van der Waals surface area contributed by atoms with Crippen molar-refractivity contribution in [3.05, 3.63) is 110 Å². The third kappa shape index (κ3) is 4.40. The zero-order valence-corrected chi connectivity index (χ0v) is 21.2. The second kappa shape index (κ2) is 9.92. The molecule has 1 amide bonds. The van der Waals surface area contributed by atoms with Gasteiger partial charge in [-0.2, -0.15) is 0 Å². The van der Waals surface area contributed by atoms with Gasteiger partial charge in [0.15, 0.2) is 11.2 Å². The Balaban J connectivity index is 1.40. The number of rotatable bonds is 6. The third-order valence-electron chi connectivity index (χ3n) is 7.30. The van der Waals surface area contributed by atoms with E-state index in [1.165, 1.54) is 18.9 Å². The van der Waals surface area contributed by atoms with Crippen LogP contribution in [0.15, 0.2) is 79.3 Å². The van der Waals surface area contributed by atoms with E-state index in [-0.39, 0.29) is 41.4 Å². The van der Waals surface area contributed by atoms with Gasteiger partial charge in [-0.15, -0.1) is 0 Å². The molecule has 9 heteroatoms. The number of fused-ring (bicyclic) bond motifs is 4. The molecule has 1 atom stereocenters. The van der Waals surface area contributed by atoms with Gasteiger partial charge in [0.25, 0.3) is 0 Å². The number of methoxy groups -OCH3 is 1. The second-order valence-corrected chi connectivity index (χ2v) is 9.69. The summed E-state index contributed by atoms with van der Waals surface area (Å²) in [7, 11) is 1.44. The molecule has 3 aromatic heterocycles. The summed E-state index contributed by atoms with van der Waals surface area (Å²) >= 11 is 0. The van der Waals surface area contributed by atoms with Crippen molar-refractivity contribution in [1.29, 1.82) is 0 Å². The van der Waals surface area contributed by atoms with E-state index in [0.29, 0.717) is 30.5 Å². The Hall–Kier alpha value is -4.63. The van der Waals surface area contributed by atoms with Crippen LogP contribution in [0.5, 0.6) is 5.75 Å². The summed E-state index contributed by atoms with van der Waals surface area (Å²) in [5.41, 5.74) is 2.62. The van der Waals surface area contributed by atoms with E-state index in [1.54, 1.807) is 29.2 Å². The van der Waals surface area contributed by atoms with Crippen molar-refractivity contribution in [2.45, 2.75) is 31.9 Å². The molecule has 6 rings (SSSR count). The van der Waals surface area contributed by atoms with Crippen LogP contribution in [0.3, 0.4) is 0 Å². The molecule has 0 bridgehead atoms. The van der Waals surface area contributed by atoms with Crippen LogP contribution in [0.1, 0.15) is 40.7 Å². The van der Waals surface area contributed by atoms with Gasteiger partial charge in [0.05, 0.1) is 24.1 Å². The lowest BCUT2D eigenvalue weighted by molar-refractivity contribution is -0.132. The number of aromatic hydroxyl groups is 1. The minimum absolute atomic E-state index is 0.0230. The molecule has 1 aliphatic heterocycles. The lowest BCUT2D eigenvalue weighted by atomic mass is 9.91. The van der Waals surface area contributed by atoms with Gasteiger partial charge in [-0.05, 0) is 30.2 Å². The fourth-order valence-electron chi connectivity index (χ4n) is 5.39. The first-order valence-electron chi connectivity index (χ1n) is 12.7. The van der Waals surface area contributed by atoms with Crippen LogP contribution in [0.25, 0.3) is 21.9 Å². The molecular formula is C30H26N2O7. The Labute approximate surface area is 222 Å². The molecule has 4 heterocycles. The van der Waals surface area contributed by atoms with Gasteiger partial charge < -0.3 is 28.6 Å². The number of benzene rings is 2. The van der Waals surface area contributed by atoms with E-state index in [2.05, 4.69) is 11.1 Å². The van der Waals surface area contributed by atoms with Crippen LogP contribution < -0.4 is 10.9 Å². The van der Waals surface area contributed by atoms with Crippen molar-refractivity contribution in [3.8, 4) is 5.75 Å². The van der Waals surface area contributed by atoms with Crippen LogP contribution in [-0.2, 0) is 29.1 Å². The van der Waals surface area contributed by atoms with Crippen molar-refractivity contribution in [1.82, 2.24) is 9.88 Å². The lowest BCUT2D eigenvalue weighted by Crippen LogP contribution is -2.37. The number of nitrogens with zero attached hydrogens (tertiary/aromatic N) is 1. The molecule has 9 nitrogen and oxygen atoms in total. The molecule has 0 saturated heterocycles. The van der Waals surface area contributed by atoms with Gasteiger partial charge in [-0.1, -0.05) is 30.3 Å². The van der Waals surface area contributed by atoms with E-state index >= 15 is 0 Å². The highest BCUT2D eigenvalue weighted by atomic mass is 16.5. The Kier molecular flexibility index (Phi) is 6.28. The number of para-hydroxylation sites is 2. The molecule has 0 aliphatic carbocycles. The number of aromatic nitrogens is 1. The van der Waals surface area contributed by atoms with Crippen LogP contribution in [0, 0.1) is 0 Å². The summed E-state index contributed by atoms with van der Waals surface area (Å²) < 4.78 is 16.7. The van der Waals surface area contributed by atoms with Gasteiger partial charge in [0.1, 0.15) is 18.0 Å². The summed E-state index contributed by atoms with van der Waals surface area (Å²) in [5, 5.41) is 12.2. The van der Waals surface area contributed by atoms with Crippen molar-refractivity contribution in [2.24, 2.45) is 0 Å². The number of carbonyl (C=O) groups excluding carboxylic acids is 1. The summed E-state index contributed by atoms with van der Waals surface area (Å²) in [6.45, 7) is 0.846. The lowest BCUT2D eigenvalue weighted by Gasteiger charge is -2.28. The number of H-pyrrole nitrogens is 1. The average molecular weight is 527 g/mol. The molecule has 1 aliphatic rings. The van der Waals surface area contributed by atoms with E-state index in [4.69, 9.17) is 13.6 Å². The van der Waals surface area contributed by atoms with Crippen LogP contribution in [0.4, 0.5) is 0 Å². The normalized spacial score (nSPS) is 14.0. The number of amides is 1. The fourth-order valence-corrected chi connectivity index (χ4v) is 5.39. The zero-order chi connectivity index (χ0) is 27.1. The average Bonchev–Trinajstić information content (AvgIpc) is 3.32. The minimum Gasteiger partial charge on any atom is -0.502 e. The van der Waals surface area contributed by atoms with Gasteiger partial charge in [0, 0.05) is 48.3 Å². The molecule has 0 spiro atoms. The van der Waals surface area contributed by atoms with E-state index < -0.39 is 17.1 Å². The summed E-state index contributed by atoms with van der Waals surface area (Å²) in [4.78, 5) is 45.0. The monoisotopic (exact) mass is 526 g/mol. The van der Waals surface area contributed by atoms with Gasteiger partial charge in [-0.3, -0.25) is 14.4 Å². The quantitative estimate of drug-likeness (QED) is 0.340. The fraction of sp³-hybridized carbons (Fsp3) is 0.233. The summed E-state index contributed by atoms with van der Waals surface area (Å²) in [5.74, 6) is -1.98. The maximum Gasteiger partial charge on any atom is 0.227 e. The molecule has 0 saturated carbocycles. The van der Waals surface area contributed by atoms with E-state index in [0.717, 1.165) is 22.7 Å². The molecule has 39 heavy (non-hydrogen) atoms. The Morgan fingerprint density at radius 1 is 1.13 bits per heavy atom. The highest BCUT2D eigenvalue weighted by Crippen LogP contribution is 2.34. The molecule has 2 aromatic carbocycles. The zero-order valence-electron chi connectivity index (χ0n) is 21.2. The number of hydrogen-bond acceptors (Lipinski definition) is 7. The molecule has 2 N–H and O–H groups in total. The summed E-state index contributed by atoms with van der Waals surface area (Å²) in [6.07, 6.45) is 1.74. The number of nitrogens with one attached hydrogen (secondary N) is 1. The van der Waals surface area contributed by atoms with Crippen molar-refractivity contribution >= 4 is 27.8 Å². The second-order valence-electron chi connectivity index (χ2n) is 9.69. The number of hydrogen-bond donors (Lipinski definition) is 2. The smallest absolute Gasteiger partial charge is 0.227 e. The first-order valence-corrected chi connectivity index (χ1v) is 12.7. The minimum atomic E-state index is -1.06. The third-order valence-corrected chi connectivity index (χ3v) is 7.30. The maximum absolute atomic E-state index is 13.7. The Bertz CT molecular complexity index is 1830. The molecule has 198 valence electrons. The standard InChI is InChI=1S/C30H26N2O7/c1-37-15-17-12-25(33)29(36)30(39-17)21(22-16-38-26-9-5-3-7-20(26)28(22)35)13-27(34)32-11-10-19-18-6-2-4-8-23(18)31-24(19)14-32/h2-9,12,16,21,31,36H,10-11,13-15H2,1H3. The van der Waals surface area contributed by atoms with Gasteiger partial charge >= 0.3 is 0 Å². The number of ether oxygens (including phenoxy) is 1. The molecule has 5 aromatic rings. The number of aromatic amines is 1. The van der Waals surface area contributed by atoms with Gasteiger partial charge in [-0.25, -0.2) is 0 Å². The predicted octanol–water partition coefficient (Wildman–Crippen LogP) is 4.19. The number of carbonyl (C=O) groups is 1. The van der Waals surface area contributed by atoms with Crippen molar-refractivity contribution < 1.29 is 23.5 Å². The van der Waals surface area contributed by atoms with Crippen LogP contribution in [-0.4, -0.2) is 34.6 Å². The highest BCUT2D eigenvalue weighted by Gasteiger charge is 2.32. The van der Waals surface area contributed by atoms with Gasteiger partial charge in [0.2, 0.25) is 17.1 Å². The van der Waals surface area contributed by atoms with Crippen molar-refractivity contribution in [2.75, 3.05) is 13.7 Å². The van der Waals surface area contributed by atoms with Crippen LogP contribution >= 0.6 is 0 Å². The maximum atomic E-state index is 13.7. The highest BCUT2D eigenvalue weighted by molar-refractivity contribution is 5.86. The first kappa shape index (κ1) is 24.7. The Morgan fingerprint density at radius 2 is 1.90 bits per heavy atom. The topological polar surface area (TPSA) is 126 Å². The molecule has 1 unspecified atom stereocenters. The predicted molar refractivity (Wildman–Crippen MR) is 144 cm³/mol. The van der Waals surface area contributed by atoms with E-state index in [1.807, 2.05) is 18.2 Å². The van der Waals surface area contributed by atoms with Crippen LogP contribution in [0.2, 0.25) is 0 Å². The Morgan fingerprint density at radius 3 is 2.72 bits per heavy atom. The molecule has 0 radical (unpaired) electrons. The summed E-state index contributed by atoms with van der Waals surface area (Å²) in [6, 6.07) is 15.9. The van der Waals surface area contributed by atoms with E-state index in [9.17, 15) is 19.5 Å². The molecular weight excluding hydrogens is 500 g/mol. The molecule has 0 fully saturated rings.